The van der Waals surface area contributed by atoms with Crippen LogP contribution in [-0.2, 0) is 38.8 Å². The highest BCUT2D eigenvalue weighted by atomic mass is 19.2. The number of hydrogen-bond acceptors (Lipinski definition) is 7. The molecule has 0 spiro atoms. The van der Waals surface area contributed by atoms with Gasteiger partial charge in [-0.1, -0.05) is 6.92 Å². The van der Waals surface area contributed by atoms with E-state index >= 15 is 0 Å². The number of nitrogens with zero attached hydrogens (tertiary/aromatic N) is 6. The highest BCUT2D eigenvalue weighted by Crippen LogP contribution is 2.30. The van der Waals surface area contributed by atoms with Gasteiger partial charge in [0.1, 0.15) is 23.3 Å². The summed E-state index contributed by atoms with van der Waals surface area (Å²) in [5, 5.41) is 15.5. The van der Waals surface area contributed by atoms with Gasteiger partial charge in [0.25, 0.3) is 0 Å². The number of hydrogen-bond donors (Lipinski definition) is 3. The van der Waals surface area contributed by atoms with Crippen LogP contribution in [0.5, 0.6) is 0 Å². The molecule has 0 fully saturated rings. The number of H-pyrrole nitrogens is 1. The second-order valence-electron chi connectivity index (χ2n) is 10.2. The summed E-state index contributed by atoms with van der Waals surface area (Å²) in [4.78, 5) is 17.1. The van der Waals surface area contributed by atoms with Gasteiger partial charge in [-0.15, -0.1) is 10.2 Å². The Labute approximate surface area is 213 Å². The Bertz CT molecular complexity index is 1390. The molecule has 1 aliphatic carbocycles. The topological polar surface area (TPSA) is 109 Å². The molecule has 2 aliphatic rings. The zero-order valence-corrected chi connectivity index (χ0v) is 20.9. The van der Waals surface area contributed by atoms with E-state index in [9.17, 15) is 8.78 Å². The minimum Gasteiger partial charge on any atom is -0.362 e. The molecule has 0 saturated heterocycles. The average Bonchev–Trinajstić information content (AvgIpc) is 3.48. The maximum Gasteiger partial charge on any atom is 0.224 e. The molecule has 0 amide bonds. The second-order valence-corrected chi connectivity index (χ2v) is 10.2. The third-order valence-electron chi connectivity index (χ3n) is 7.31. The highest BCUT2D eigenvalue weighted by molar-refractivity contribution is 5.75. The zero-order valence-electron chi connectivity index (χ0n) is 20.9. The van der Waals surface area contributed by atoms with Gasteiger partial charge in [-0.05, 0) is 44.4 Å². The van der Waals surface area contributed by atoms with Gasteiger partial charge in [0.05, 0.1) is 23.3 Å². The third kappa shape index (κ3) is 4.99. The van der Waals surface area contributed by atoms with E-state index in [1.54, 1.807) is 0 Å². The monoisotopic (exact) mass is 507 g/mol. The fraction of sp³-hybridized carbons (Fsp3) is 0.500. The average molecular weight is 508 g/mol. The van der Waals surface area contributed by atoms with E-state index in [1.165, 1.54) is 12.8 Å². The van der Waals surface area contributed by atoms with Crippen molar-refractivity contribution >= 4 is 22.8 Å². The summed E-state index contributed by atoms with van der Waals surface area (Å²) in [6.07, 6.45) is 8.08. The fourth-order valence-electron chi connectivity index (χ4n) is 5.32. The van der Waals surface area contributed by atoms with Crippen LogP contribution in [0.4, 0.5) is 20.5 Å². The Kier molecular flexibility index (Phi) is 6.43. The molecule has 4 aromatic rings. The van der Waals surface area contributed by atoms with Crippen LogP contribution in [0.3, 0.4) is 0 Å². The lowest BCUT2D eigenvalue weighted by Gasteiger charge is -2.23. The number of aromatic amines is 1. The van der Waals surface area contributed by atoms with Gasteiger partial charge in [-0.3, -0.25) is 0 Å². The Morgan fingerprint density at radius 2 is 1.95 bits per heavy atom. The van der Waals surface area contributed by atoms with E-state index in [2.05, 4.69) is 42.3 Å². The lowest BCUT2D eigenvalue weighted by molar-refractivity contribution is 0.491. The lowest BCUT2D eigenvalue weighted by Crippen LogP contribution is -2.19. The third-order valence-corrected chi connectivity index (χ3v) is 7.31. The number of nitrogens with one attached hydrogen (secondary N) is 3. The molecular formula is C26H31F2N9. The zero-order chi connectivity index (χ0) is 25.4. The molecule has 1 atom stereocenters. The summed E-state index contributed by atoms with van der Waals surface area (Å²) >= 11 is 0. The summed E-state index contributed by atoms with van der Waals surface area (Å²) in [5.74, 6) is 2.91. The number of fused-ring (bicyclic) bond motifs is 3. The predicted octanol–water partition coefficient (Wildman–Crippen LogP) is 4.34. The molecular weight excluding hydrogens is 476 g/mol. The van der Waals surface area contributed by atoms with Gasteiger partial charge in [0, 0.05) is 43.6 Å². The number of anilines is 2. The van der Waals surface area contributed by atoms with Gasteiger partial charge < -0.3 is 20.2 Å². The quantitative estimate of drug-likeness (QED) is 0.304. The molecule has 0 bridgehead atoms. The molecule has 3 aromatic heterocycles. The van der Waals surface area contributed by atoms with Crippen LogP contribution in [0.25, 0.3) is 11.0 Å². The first-order chi connectivity index (χ1) is 18.0. The van der Waals surface area contributed by atoms with Crippen LogP contribution in [0.2, 0.25) is 0 Å². The molecule has 37 heavy (non-hydrogen) atoms. The molecule has 194 valence electrons. The largest absolute Gasteiger partial charge is 0.362 e. The van der Waals surface area contributed by atoms with Gasteiger partial charge in [0.2, 0.25) is 5.95 Å². The summed E-state index contributed by atoms with van der Waals surface area (Å²) in [6, 6.07) is 2.24. The summed E-state index contributed by atoms with van der Waals surface area (Å²) in [7, 11) is 0. The molecule has 11 heteroatoms. The van der Waals surface area contributed by atoms with Crippen molar-refractivity contribution in [2.45, 2.75) is 71.4 Å². The van der Waals surface area contributed by atoms with Crippen molar-refractivity contribution in [1.82, 2.24) is 34.7 Å². The van der Waals surface area contributed by atoms with E-state index in [0.29, 0.717) is 35.3 Å². The first kappa shape index (κ1) is 23.7. The maximum atomic E-state index is 13.6. The summed E-state index contributed by atoms with van der Waals surface area (Å²) < 4.78 is 29.4. The molecule has 0 radical (unpaired) electrons. The molecule has 4 heterocycles. The van der Waals surface area contributed by atoms with Crippen LogP contribution in [0.15, 0.2) is 12.1 Å². The number of halogens is 2. The molecule has 1 unspecified atom stereocenters. The van der Waals surface area contributed by atoms with Crippen molar-refractivity contribution in [3.05, 3.63) is 52.5 Å². The minimum absolute atomic E-state index is 0.356. The van der Waals surface area contributed by atoms with E-state index in [-0.39, 0.29) is 0 Å². The van der Waals surface area contributed by atoms with Crippen molar-refractivity contribution in [3.63, 3.8) is 0 Å². The molecule has 9 nitrogen and oxygen atoms in total. The summed E-state index contributed by atoms with van der Waals surface area (Å²) in [6.45, 7) is 4.35. The number of rotatable bonds is 8. The maximum absolute atomic E-state index is 13.6. The van der Waals surface area contributed by atoms with Gasteiger partial charge >= 0.3 is 0 Å². The van der Waals surface area contributed by atoms with Crippen molar-refractivity contribution in [1.29, 1.82) is 0 Å². The summed E-state index contributed by atoms with van der Waals surface area (Å²) in [5.41, 5.74) is 3.06. The van der Waals surface area contributed by atoms with E-state index in [1.807, 2.05) is 0 Å². The first-order valence-corrected chi connectivity index (χ1v) is 13.2. The number of imidazole rings is 1. The van der Waals surface area contributed by atoms with Gasteiger partial charge in [-0.25, -0.2) is 18.7 Å². The normalized spacial score (nSPS) is 17.0. The minimum atomic E-state index is -0.905. The Morgan fingerprint density at radius 1 is 1.05 bits per heavy atom. The molecule has 0 saturated carbocycles. The van der Waals surface area contributed by atoms with Crippen molar-refractivity contribution in [3.8, 4) is 0 Å². The van der Waals surface area contributed by atoms with Crippen molar-refractivity contribution in [2.24, 2.45) is 5.92 Å². The second kappa shape index (κ2) is 10.0. The van der Waals surface area contributed by atoms with Crippen LogP contribution < -0.4 is 10.6 Å². The van der Waals surface area contributed by atoms with Crippen molar-refractivity contribution in [2.75, 3.05) is 17.2 Å². The Balaban J connectivity index is 1.14. The van der Waals surface area contributed by atoms with Crippen LogP contribution in [-0.4, -0.2) is 41.2 Å². The molecule has 1 aromatic carbocycles. The smallest absolute Gasteiger partial charge is 0.224 e. The van der Waals surface area contributed by atoms with E-state index in [0.717, 1.165) is 92.5 Å². The SMILES string of the molecule is CC1CCc2c(nc(NCCCc3nnc4n3CCCC4)nc2NCc2nc3cc(F)c(F)cc3[nH]2)C1. The van der Waals surface area contributed by atoms with E-state index < -0.39 is 11.6 Å². The number of aromatic nitrogens is 7. The number of benzene rings is 1. The van der Waals surface area contributed by atoms with Crippen molar-refractivity contribution < 1.29 is 8.78 Å². The molecule has 6 rings (SSSR count). The molecule has 3 N–H and O–H groups in total. The van der Waals surface area contributed by atoms with E-state index in [4.69, 9.17) is 9.97 Å². The standard InChI is InChI=1S/C26H31F2N9/c1-15-7-8-16-19(11-15)33-26(29-9-4-6-24-36-35-23-5-2-3-10-37(23)24)34-25(16)30-14-22-31-20-12-17(27)18(28)13-21(20)32-22/h12-13,15H,2-11,14H2,1H3,(H,31,32)(H2,29,30,33,34). The van der Waals surface area contributed by atoms with Gasteiger partial charge in [-0.2, -0.15) is 4.98 Å². The van der Waals surface area contributed by atoms with Gasteiger partial charge in [0.15, 0.2) is 11.6 Å². The van der Waals surface area contributed by atoms with Crippen LogP contribution in [0.1, 0.15) is 61.3 Å². The fourth-order valence-corrected chi connectivity index (χ4v) is 5.32. The molecule has 1 aliphatic heterocycles. The van der Waals surface area contributed by atoms with Crippen LogP contribution in [0, 0.1) is 17.6 Å². The Hall–Kier alpha value is -3.63. The Morgan fingerprint density at radius 3 is 2.86 bits per heavy atom. The highest BCUT2D eigenvalue weighted by Gasteiger charge is 2.22. The van der Waals surface area contributed by atoms with Crippen LogP contribution >= 0.6 is 0 Å². The predicted molar refractivity (Wildman–Crippen MR) is 136 cm³/mol. The lowest BCUT2D eigenvalue weighted by atomic mass is 9.88. The number of aryl methyl sites for hydroxylation is 2. The first-order valence-electron chi connectivity index (χ1n) is 13.2.